The van der Waals surface area contributed by atoms with Gasteiger partial charge in [0.15, 0.2) is 0 Å². The Bertz CT molecular complexity index is 510. The lowest BCUT2D eigenvalue weighted by molar-refractivity contribution is -0.116. The Labute approximate surface area is 126 Å². The molecule has 0 spiro atoms. The predicted molar refractivity (Wildman–Crippen MR) is 85.4 cm³/mol. The van der Waals surface area contributed by atoms with E-state index in [4.69, 9.17) is 0 Å². The monoisotopic (exact) mass is 290 g/mol. The highest BCUT2D eigenvalue weighted by Crippen LogP contribution is 2.44. The van der Waals surface area contributed by atoms with Crippen LogP contribution in [-0.4, -0.2) is 17.6 Å². The lowest BCUT2D eigenvalue weighted by atomic mass is 10.0. The molecule has 0 bridgehead atoms. The number of carbonyl (C=O) groups is 1. The van der Waals surface area contributed by atoms with E-state index >= 15 is 0 Å². The molecule has 0 aliphatic heterocycles. The van der Waals surface area contributed by atoms with Crippen molar-refractivity contribution in [2.45, 2.75) is 52.5 Å². The molecule has 1 saturated carbocycles. The van der Waals surface area contributed by atoms with E-state index in [1.807, 2.05) is 19.9 Å². The van der Waals surface area contributed by atoms with Crippen LogP contribution in [0.25, 0.3) is 0 Å². The van der Waals surface area contributed by atoms with Crippen LogP contribution in [0, 0.1) is 5.41 Å². The molecule has 1 aliphatic rings. The van der Waals surface area contributed by atoms with Gasteiger partial charge in [0.1, 0.15) is 5.75 Å². The molecule has 1 atom stereocenters. The molecule has 0 aromatic heterocycles. The highest BCUT2D eigenvalue weighted by Gasteiger charge is 2.37. The van der Waals surface area contributed by atoms with Crippen molar-refractivity contribution in [3.05, 3.63) is 23.8 Å². The highest BCUT2D eigenvalue weighted by atomic mass is 16.3. The van der Waals surface area contributed by atoms with Crippen molar-refractivity contribution in [3.8, 4) is 5.75 Å². The summed E-state index contributed by atoms with van der Waals surface area (Å²) in [5, 5.41) is 16.4. The molecule has 1 aromatic rings. The molecule has 0 radical (unpaired) electrons. The highest BCUT2D eigenvalue weighted by molar-refractivity contribution is 5.90. The number of hydrogen-bond donors (Lipinski definition) is 3. The summed E-state index contributed by atoms with van der Waals surface area (Å²) in [5.41, 5.74) is 2.00. The van der Waals surface area contributed by atoms with E-state index in [0.29, 0.717) is 11.8 Å². The molecule has 2 rings (SSSR count). The number of nitrogens with one attached hydrogen (secondary N) is 2. The molecule has 1 amide bonds. The summed E-state index contributed by atoms with van der Waals surface area (Å²) in [6, 6.07) is 5.30. The quantitative estimate of drug-likeness (QED) is 0.673. The van der Waals surface area contributed by atoms with Gasteiger partial charge in [-0.15, -0.1) is 0 Å². The number of anilines is 1. The fraction of sp³-hybridized carbons (Fsp3) is 0.588. The molecule has 21 heavy (non-hydrogen) atoms. The van der Waals surface area contributed by atoms with Crippen molar-refractivity contribution >= 4 is 11.6 Å². The van der Waals surface area contributed by atoms with Crippen LogP contribution in [0.3, 0.4) is 0 Å². The molecular weight excluding hydrogens is 264 g/mol. The maximum Gasteiger partial charge on any atom is 0.224 e. The van der Waals surface area contributed by atoms with Gasteiger partial charge >= 0.3 is 0 Å². The summed E-state index contributed by atoms with van der Waals surface area (Å²) in [4.78, 5) is 11.7. The SMILES string of the molecule is CCCC(=O)Nc1ccc(O)c(C(C)NCC2(C)CC2)c1. The third-order valence-electron chi connectivity index (χ3n) is 4.19. The number of amides is 1. The molecule has 3 N–H and O–H groups in total. The Morgan fingerprint density at radius 2 is 2.14 bits per heavy atom. The van der Waals surface area contributed by atoms with Crippen molar-refractivity contribution in [2.75, 3.05) is 11.9 Å². The second-order valence-electron chi connectivity index (χ2n) is 6.49. The third-order valence-corrected chi connectivity index (χ3v) is 4.19. The Morgan fingerprint density at radius 1 is 1.43 bits per heavy atom. The number of phenols is 1. The van der Waals surface area contributed by atoms with E-state index in [9.17, 15) is 9.90 Å². The van der Waals surface area contributed by atoms with Crippen LogP contribution < -0.4 is 10.6 Å². The summed E-state index contributed by atoms with van der Waals surface area (Å²) in [7, 11) is 0. The van der Waals surface area contributed by atoms with Gasteiger partial charge in [-0.05, 0) is 49.8 Å². The number of rotatable bonds is 7. The Hall–Kier alpha value is -1.55. The van der Waals surface area contributed by atoms with E-state index in [-0.39, 0.29) is 17.7 Å². The largest absolute Gasteiger partial charge is 0.508 e. The third kappa shape index (κ3) is 4.46. The van der Waals surface area contributed by atoms with Gasteiger partial charge in [0.05, 0.1) is 0 Å². The number of carbonyl (C=O) groups excluding carboxylic acids is 1. The van der Waals surface area contributed by atoms with Crippen molar-refractivity contribution in [2.24, 2.45) is 5.41 Å². The topological polar surface area (TPSA) is 61.4 Å². The number of hydrogen-bond acceptors (Lipinski definition) is 3. The molecule has 1 aliphatic carbocycles. The number of aromatic hydroxyl groups is 1. The van der Waals surface area contributed by atoms with Gasteiger partial charge < -0.3 is 15.7 Å². The lowest BCUT2D eigenvalue weighted by Crippen LogP contribution is -2.25. The molecule has 1 unspecified atom stereocenters. The first kappa shape index (κ1) is 15.8. The molecule has 0 saturated heterocycles. The Balaban J connectivity index is 2.01. The molecule has 1 aromatic carbocycles. The van der Waals surface area contributed by atoms with Crippen LogP contribution in [0.2, 0.25) is 0 Å². The maximum absolute atomic E-state index is 11.7. The minimum Gasteiger partial charge on any atom is -0.508 e. The number of benzene rings is 1. The van der Waals surface area contributed by atoms with Gasteiger partial charge in [-0.3, -0.25) is 4.79 Å². The molecule has 4 heteroatoms. The average Bonchev–Trinajstić information content (AvgIpc) is 3.17. The van der Waals surface area contributed by atoms with E-state index in [1.54, 1.807) is 12.1 Å². The zero-order valence-electron chi connectivity index (χ0n) is 13.2. The first-order chi connectivity index (χ1) is 9.93. The van der Waals surface area contributed by atoms with Crippen LogP contribution in [0.1, 0.15) is 58.1 Å². The number of phenolic OH excluding ortho intramolecular Hbond substituents is 1. The molecule has 1 fully saturated rings. The standard InChI is InChI=1S/C17H26N2O2/c1-4-5-16(21)19-13-6-7-15(20)14(10-13)12(2)18-11-17(3)8-9-17/h6-7,10,12,18,20H,4-5,8-9,11H2,1-3H3,(H,19,21). The maximum atomic E-state index is 11.7. The van der Waals surface area contributed by atoms with Crippen LogP contribution in [0.4, 0.5) is 5.69 Å². The van der Waals surface area contributed by atoms with E-state index < -0.39 is 0 Å². The Kier molecular flexibility index (Phi) is 4.88. The van der Waals surface area contributed by atoms with Crippen molar-refractivity contribution < 1.29 is 9.90 Å². The van der Waals surface area contributed by atoms with Gasteiger partial charge in [-0.1, -0.05) is 13.8 Å². The lowest BCUT2D eigenvalue weighted by Gasteiger charge is -2.19. The molecule has 4 nitrogen and oxygen atoms in total. The minimum atomic E-state index is 0.0141. The van der Waals surface area contributed by atoms with Crippen molar-refractivity contribution in [1.29, 1.82) is 0 Å². The minimum absolute atomic E-state index is 0.0141. The van der Waals surface area contributed by atoms with E-state index in [0.717, 1.165) is 24.2 Å². The summed E-state index contributed by atoms with van der Waals surface area (Å²) in [6.07, 6.45) is 3.88. The summed E-state index contributed by atoms with van der Waals surface area (Å²) in [5.74, 6) is 0.282. The second kappa shape index (κ2) is 6.48. The van der Waals surface area contributed by atoms with E-state index in [1.165, 1.54) is 12.8 Å². The van der Waals surface area contributed by atoms with Crippen molar-refractivity contribution in [1.82, 2.24) is 5.32 Å². The summed E-state index contributed by atoms with van der Waals surface area (Å²) < 4.78 is 0. The van der Waals surface area contributed by atoms with Crippen LogP contribution in [0.5, 0.6) is 5.75 Å². The van der Waals surface area contributed by atoms with Crippen LogP contribution >= 0.6 is 0 Å². The second-order valence-corrected chi connectivity index (χ2v) is 6.49. The summed E-state index contributed by atoms with van der Waals surface area (Å²) >= 11 is 0. The Morgan fingerprint density at radius 3 is 2.76 bits per heavy atom. The van der Waals surface area contributed by atoms with Gasteiger partial charge in [0.25, 0.3) is 0 Å². The van der Waals surface area contributed by atoms with Gasteiger partial charge in [0.2, 0.25) is 5.91 Å². The zero-order chi connectivity index (χ0) is 15.5. The van der Waals surface area contributed by atoms with Crippen LogP contribution in [0.15, 0.2) is 18.2 Å². The first-order valence-electron chi connectivity index (χ1n) is 7.80. The molecule has 0 heterocycles. The predicted octanol–water partition coefficient (Wildman–Crippen LogP) is 3.58. The van der Waals surface area contributed by atoms with Crippen LogP contribution in [-0.2, 0) is 4.79 Å². The molecular formula is C17H26N2O2. The average molecular weight is 290 g/mol. The fourth-order valence-electron chi connectivity index (χ4n) is 2.33. The fourth-order valence-corrected chi connectivity index (χ4v) is 2.33. The van der Waals surface area contributed by atoms with Gasteiger partial charge in [-0.2, -0.15) is 0 Å². The van der Waals surface area contributed by atoms with Gasteiger partial charge in [-0.25, -0.2) is 0 Å². The zero-order valence-corrected chi connectivity index (χ0v) is 13.2. The van der Waals surface area contributed by atoms with Gasteiger partial charge in [0, 0.05) is 30.3 Å². The summed E-state index contributed by atoms with van der Waals surface area (Å²) in [6.45, 7) is 7.25. The van der Waals surface area contributed by atoms with Crippen molar-refractivity contribution in [3.63, 3.8) is 0 Å². The normalized spacial score (nSPS) is 17.3. The van der Waals surface area contributed by atoms with E-state index in [2.05, 4.69) is 17.6 Å². The molecule has 116 valence electrons. The first-order valence-corrected chi connectivity index (χ1v) is 7.80. The smallest absolute Gasteiger partial charge is 0.224 e.